The predicted octanol–water partition coefficient (Wildman–Crippen LogP) is 4.75. The monoisotopic (exact) mass is 415 g/mol. The van der Waals surface area contributed by atoms with Crippen LogP contribution in [0.1, 0.15) is 24.0 Å². The fourth-order valence-electron chi connectivity index (χ4n) is 4.23. The van der Waals surface area contributed by atoms with Gasteiger partial charge in [0.15, 0.2) is 0 Å². The molecule has 5 nitrogen and oxygen atoms in total. The summed E-state index contributed by atoms with van der Waals surface area (Å²) >= 11 is 0. The van der Waals surface area contributed by atoms with Gasteiger partial charge in [0.2, 0.25) is 5.91 Å². The number of hydrogen-bond acceptors (Lipinski definition) is 2. The molecular weight excluding hydrogens is 386 g/mol. The van der Waals surface area contributed by atoms with Gasteiger partial charge in [-0.2, -0.15) is 0 Å². The Labute approximate surface area is 183 Å². The number of carbonyl (C=O) groups is 2. The van der Waals surface area contributed by atoms with Crippen LogP contribution in [0.4, 0.5) is 10.5 Å². The van der Waals surface area contributed by atoms with Gasteiger partial charge in [0.05, 0.1) is 6.42 Å². The molecule has 0 aliphatic carbocycles. The highest BCUT2D eigenvalue weighted by atomic mass is 16.2. The van der Waals surface area contributed by atoms with Crippen LogP contribution in [0.3, 0.4) is 0 Å². The first-order chi connectivity index (χ1) is 15.1. The standard InChI is InChI=1S/C26H29N3O2/c1-19-11-13-23(14-12-19)28-26(31)27-17-20-6-5-15-29(18-20)25(30)16-22-9-4-8-21-7-2-3-10-24(21)22/h2-4,7-14,20H,5-6,15-18H2,1H3,(H2,27,28,31). The summed E-state index contributed by atoms with van der Waals surface area (Å²) in [7, 11) is 0. The number of hydrogen-bond donors (Lipinski definition) is 2. The third-order valence-electron chi connectivity index (χ3n) is 5.95. The molecule has 0 saturated carbocycles. The van der Waals surface area contributed by atoms with Gasteiger partial charge in [-0.05, 0) is 54.2 Å². The number of urea groups is 1. The Morgan fingerprint density at radius 3 is 2.61 bits per heavy atom. The molecule has 1 heterocycles. The van der Waals surface area contributed by atoms with E-state index in [4.69, 9.17) is 0 Å². The molecule has 3 aromatic rings. The zero-order valence-corrected chi connectivity index (χ0v) is 17.9. The van der Waals surface area contributed by atoms with Crippen molar-refractivity contribution in [1.82, 2.24) is 10.2 Å². The minimum absolute atomic E-state index is 0.158. The SMILES string of the molecule is Cc1ccc(NC(=O)NCC2CCCN(C(=O)Cc3cccc4ccccc34)C2)cc1. The van der Waals surface area contributed by atoms with Gasteiger partial charge >= 0.3 is 6.03 Å². The Balaban J connectivity index is 1.30. The lowest BCUT2D eigenvalue weighted by Crippen LogP contribution is -2.44. The van der Waals surface area contributed by atoms with Crippen molar-refractivity contribution in [3.63, 3.8) is 0 Å². The fraction of sp³-hybridized carbons (Fsp3) is 0.308. The van der Waals surface area contributed by atoms with Gasteiger partial charge < -0.3 is 15.5 Å². The first-order valence-corrected chi connectivity index (χ1v) is 10.9. The van der Waals surface area contributed by atoms with E-state index in [1.807, 2.05) is 60.4 Å². The van der Waals surface area contributed by atoms with Crippen molar-refractivity contribution in [2.24, 2.45) is 5.92 Å². The number of rotatable bonds is 5. The molecule has 0 aromatic heterocycles. The van der Waals surface area contributed by atoms with Gasteiger partial charge in [0.25, 0.3) is 0 Å². The van der Waals surface area contributed by atoms with Crippen molar-refractivity contribution in [3.8, 4) is 0 Å². The van der Waals surface area contributed by atoms with Crippen LogP contribution in [-0.4, -0.2) is 36.5 Å². The molecule has 1 aliphatic heterocycles. The van der Waals surface area contributed by atoms with Gasteiger partial charge in [-0.1, -0.05) is 60.2 Å². The average Bonchev–Trinajstić information content (AvgIpc) is 2.80. The summed E-state index contributed by atoms with van der Waals surface area (Å²) in [6.45, 7) is 4.06. The summed E-state index contributed by atoms with van der Waals surface area (Å²) in [4.78, 5) is 27.2. The minimum atomic E-state index is -0.206. The van der Waals surface area contributed by atoms with Crippen LogP contribution in [0.5, 0.6) is 0 Å². The smallest absolute Gasteiger partial charge is 0.319 e. The van der Waals surface area contributed by atoms with E-state index < -0.39 is 0 Å². The number of carbonyl (C=O) groups excluding carboxylic acids is 2. The van der Waals surface area contributed by atoms with Crippen LogP contribution < -0.4 is 10.6 Å². The number of amides is 3. The van der Waals surface area contributed by atoms with Crippen LogP contribution in [0.25, 0.3) is 10.8 Å². The Hall–Kier alpha value is -3.34. The molecule has 1 unspecified atom stereocenters. The Morgan fingerprint density at radius 1 is 1.00 bits per heavy atom. The summed E-state index contributed by atoms with van der Waals surface area (Å²) in [5, 5.41) is 8.12. The van der Waals surface area contributed by atoms with Gasteiger partial charge in [-0.15, -0.1) is 0 Å². The molecule has 3 aromatic carbocycles. The highest BCUT2D eigenvalue weighted by molar-refractivity contribution is 5.90. The second-order valence-electron chi connectivity index (χ2n) is 8.36. The summed E-state index contributed by atoms with van der Waals surface area (Å²) < 4.78 is 0. The molecule has 0 radical (unpaired) electrons. The van der Waals surface area contributed by atoms with Crippen molar-refractivity contribution in [2.45, 2.75) is 26.2 Å². The second kappa shape index (κ2) is 9.65. The van der Waals surface area contributed by atoms with Crippen molar-refractivity contribution in [2.75, 3.05) is 25.0 Å². The lowest BCUT2D eigenvalue weighted by molar-refractivity contribution is -0.132. The molecule has 0 bridgehead atoms. The number of piperidine rings is 1. The van der Waals surface area contributed by atoms with E-state index in [0.29, 0.717) is 19.5 Å². The molecule has 1 aliphatic rings. The Morgan fingerprint density at radius 2 is 1.77 bits per heavy atom. The van der Waals surface area contributed by atoms with Crippen molar-refractivity contribution < 1.29 is 9.59 Å². The number of likely N-dealkylation sites (tertiary alicyclic amines) is 1. The van der Waals surface area contributed by atoms with E-state index in [-0.39, 0.29) is 17.9 Å². The summed E-state index contributed by atoms with van der Waals surface area (Å²) in [6.07, 6.45) is 2.39. The minimum Gasteiger partial charge on any atom is -0.342 e. The van der Waals surface area contributed by atoms with Crippen LogP contribution in [0.15, 0.2) is 66.7 Å². The molecule has 1 fully saturated rings. The number of nitrogens with zero attached hydrogens (tertiary/aromatic N) is 1. The molecule has 160 valence electrons. The molecule has 5 heteroatoms. The van der Waals surface area contributed by atoms with E-state index in [9.17, 15) is 9.59 Å². The van der Waals surface area contributed by atoms with E-state index in [2.05, 4.69) is 28.8 Å². The molecule has 3 amide bonds. The third kappa shape index (κ3) is 5.43. The topological polar surface area (TPSA) is 61.4 Å². The number of aryl methyl sites for hydroxylation is 1. The number of fused-ring (bicyclic) bond motifs is 1. The lowest BCUT2D eigenvalue weighted by Gasteiger charge is -2.33. The highest BCUT2D eigenvalue weighted by Crippen LogP contribution is 2.21. The van der Waals surface area contributed by atoms with Crippen molar-refractivity contribution in [3.05, 3.63) is 77.9 Å². The maximum atomic E-state index is 13.0. The fourth-order valence-corrected chi connectivity index (χ4v) is 4.23. The maximum Gasteiger partial charge on any atom is 0.319 e. The number of benzene rings is 3. The highest BCUT2D eigenvalue weighted by Gasteiger charge is 2.24. The summed E-state index contributed by atoms with van der Waals surface area (Å²) in [5.74, 6) is 0.430. The third-order valence-corrected chi connectivity index (χ3v) is 5.95. The van der Waals surface area contributed by atoms with E-state index in [0.717, 1.165) is 47.0 Å². The van der Waals surface area contributed by atoms with Gasteiger partial charge in [0.1, 0.15) is 0 Å². The Bertz CT molecular complexity index is 1060. The Kier molecular flexibility index (Phi) is 6.51. The van der Waals surface area contributed by atoms with Crippen molar-refractivity contribution >= 4 is 28.4 Å². The number of anilines is 1. The van der Waals surface area contributed by atoms with Gasteiger partial charge in [0, 0.05) is 25.3 Å². The van der Waals surface area contributed by atoms with Gasteiger partial charge in [-0.3, -0.25) is 4.79 Å². The summed E-state index contributed by atoms with van der Waals surface area (Å²) in [6, 6.07) is 21.8. The molecule has 1 saturated heterocycles. The van der Waals surface area contributed by atoms with Crippen LogP contribution in [0, 0.1) is 12.8 Å². The van der Waals surface area contributed by atoms with Gasteiger partial charge in [-0.25, -0.2) is 4.79 Å². The largest absolute Gasteiger partial charge is 0.342 e. The second-order valence-corrected chi connectivity index (χ2v) is 8.36. The quantitative estimate of drug-likeness (QED) is 0.632. The van der Waals surface area contributed by atoms with Crippen LogP contribution >= 0.6 is 0 Å². The molecule has 31 heavy (non-hydrogen) atoms. The van der Waals surface area contributed by atoms with E-state index >= 15 is 0 Å². The van der Waals surface area contributed by atoms with Crippen LogP contribution in [-0.2, 0) is 11.2 Å². The van der Waals surface area contributed by atoms with Crippen LogP contribution in [0.2, 0.25) is 0 Å². The first kappa shape index (κ1) is 20.9. The van der Waals surface area contributed by atoms with E-state index in [1.165, 1.54) is 0 Å². The normalized spacial score (nSPS) is 16.2. The number of nitrogens with one attached hydrogen (secondary N) is 2. The molecular formula is C26H29N3O2. The molecule has 2 N–H and O–H groups in total. The average molecular weight is 416 g/mol. The van der Waals surface area contributed by atoms with Crippen molar-refractivity contribution in [1.29, 1.82) is 0 Å². The molecule has 4 rings (SSSR count). The molecule has 0 spiro atoms. The maximum absolute atomic E-state index is 13.0. The summed E-state index contributed by atoms with van der Waals surface area (Å²) in [5.41, 5.74) is 3.00. The first-order valence-electron chi connectivity index (χ1n) is 10.9. The molecule has 1 atom stereocenters. The zero-order valence-electron chi connectivity index (χ0n) is 17.9. The lowest BCUT2D eigenvalue weighted by atomic mass is 9.96. The predicted molar refractivity (Wildman–Crippen MR) is 125 cm³/mol. The van der Waals surface area contributed by atoms with E-state index in [1.54, 1.807) is 0 Å². The zero-order chi connectivity index (χ0) is 21.6.